The van der Waals surface area contributed by atoms with Crippen LogP contribution in [0.4, 0.5) is 0 Å². The van der Waals surface area contributed by atoms with E-state index >= 15 is 0 Å². The van der Waals surface area contributed by atoms with Crippen LogP contribution in [0.5, 0.6) is 0 Å². The van der Waals surface area contributed by atoms with Crippen molar-refractivity contribution in [2.45, 2.75) is 18.0 Å². The summed E-state index contributed by atoms with van der Waals surface area (Å²) in [6, 6.07) is 12.0. The summed E-state index contributed by atoms with van der Waals surface area (Å²) in [6.45, 7) is 0.867. The second-order valence-corrected chi connectivity index (χ2v) is 8.20. The molecule has 0 spiro atoms. The maximum atomic E-state index is 12.6. The van der Waals surface area contributed by atoms with Crippen molar-refractivity contribution in [2.75, 3.05) is 0 Å². The molecule has 8 nitrogen and oxygen atoms in total. The van der Waals surface area contributed by atoms with Gasteiger partial charge in [-0.25, -0.2) is 22.9 Å². The molecule has 1 N–H and O–H groups in total. The lowest BCUT2D eigenvalue weighted by Crippen LogP contribution is -2.23. The fraction of sp³-hybridized carbons (Fsp3) is 0.158. The van der Waals surface area contributed by atoms with Crippen LogP contribution in [0.3, 0.4) is 0 Å². The Morgan fingerprint density at radius 3 is 2.57 bits per heavy atom. The lowest BCUT2D eigenvalue weighted by Gasteiger charge is -2.08. The molecule has 0 amide bonds. The number of rotatable bonds is 6. The second-order valence-electron chi connectivity index (χ2n) is 6.43. The van der Waals surface area contributed by atoms with Crippen molar-refractivity contribution >= 4 is 21.1 Å². The van der Waals surface area contributed by atoms with Gasteiger partial charge >= 0.3 is 5.76 Å². The predicted molar refractivity (Wildman–Crippen MR) is 103 cm³/mol. The molecule has 0 saturated heterocycles. The summed E-state index contributed by atoms with van der Waals surface area (Å²) in [7, 11) is -2.20. The molecule has 0 aliphatic rings. The Morgan fingerprint density at radius 2 is 1.86 bits per heavy atom. The molecule has 4 aromatic rings. The summed E-state index contributed by atoms with van der Waals surface area (Å²) in [5.41, 5.74) is 2.71. The Morgan fingerprint density at radius 1 is 1.11 bits per heavy atom. The number of aromatic nitrogens is 3. The van der Waals surface area contributed by atoms with E-state index in [1.54, 1.807) is 12.5 Å². The van der Waals surface area contributed by atoms with Crippen LogP contribution in [0.15, 0.2) is 75.3 Å². The van der Waals surface area contributed by atoms with Gasteiger partial charge in [0.05, 0.1) is 16.7 Å². The summed E-state index contributed by atoms with van der Waals surface area (Å²) < 4.78 is 36.1. The van der Waals surface area contributed by atoms with Gasteiger partial charge in [-0.2, -0.15) is 0 Å². The Balaban J connectivity index is 1.47. The minimum atomic E-state index is -3.73. The van der Waals surface area contributed by atoms with E-state index in [4.69, 9.17) is 4.42 Å². The van der Waals surface area contributed by atoms with Crippen molar-refractivity contribution < 1.29 is 12.8 Å². The Labute approximate surface area is 161 Å². The van der Waals surface area contributed by atoms with E-state index in [2.05, 4.69) is 9.71 Å². The zero-order valence-corrected chi connectivity index (χ0v) is 15.9. The van der Waals surface area contributed by atoms with Gasteiger partial charge < -0.3 is 8.98 Å². The van der Waals surface area contributed by atoms with Gasteiger partial charge in [0.1, 0.15) is 0 Å². The number of oxazole rings is 1. The van der Waals surface area contributed by atoms with E-state index in [0.717, 1.165) is 11.1 Å². The first-order valence-electron chi connectivity index (χ1n) is 8.55. The third-order valence-electron chi connectivity index (χ3n) is 4.49. The predicted octanol–water partition coefficient (Wildman–Crippen LogP) is 1.85. The number of imidazole rings is 1. The number of nitrogens with one attached hydrogen (secondary N) is 1. The maximum absolute atomic E-state index is 12.6. The summed E-state index contributed by atoms with van der Waals surface area (Å²) in [5.74, 6) is -0.534. The highest BCUT2D eigenvalue weighted by molar-refractivity contribution is 7.89. The second kappa shape index (κ2) is 7.10. The van der Waals surface area contributed by atoms with Crippen molar-refractivity contribution in [3.63, 3.8) is 0 Å². The van der Waals surface area contributed by atoms with Crippen LogP contribution in [-0.4, -0.2) is 22.5 Å². The molecule has 0 aliphatic heterocycles. The molecule has 144 valence electrons. The highest BCUT2D eigenvalue weighted by atomic mass is 32.2. The van der Waals surface area contributed by atoms with Gasteiger partial charge in [-0.3, -0.25) is 4.57 Å². The molecular weight excluding hydrogens is 380 g/mol. The van der Waals surface area contributed by atoms with Gasteiger partial charge in [-0.15, -0.1) is 0 Å². The maximum Gasteiger partial charge on any atom is 0.419 e. The van der Waals surface area contributed by atoms with Crippen LogP contribution in [-0.2, 0) is 30.2 Å². The highest BCUT2D eigenvalue weighted by Crippen LogP contribution is 2.18. The number of fused-ring (bicyclic) bond motifs is 1. The SMILES string of the molecule is Cn1c(=O)oc2ccc(S(=O)(=O)NCc3ccc(Cn4ccnc4)cc3)cc21. The number of aryl methyl sites for hydroxylation is 1. The molecule has 0 saturated carbocycles. The molecular formula is C19H18N4O4S. The van der Waals surface area contributed by atoms with Gasteiger partial charge in [0.25, 0.3) is 0 Å². The van der Waals surface area contributed by atoms with Gasteiger partial charge in [0, 0.05) is 32.5 Å². The minimum absolute atomic E-state index is 0.0770. The summed E-state index contributed by atoms with van der Waals surface area (Å²) in [6.07, 6.45) is 5.35. The number of hydrogen-bond donors (Lipinski definition) is 1. The summed E-state index contributed by atoms with van der Waals surface area (Å²) in [4.78, 5) is 15.6. The van der Waals surface area contributed by atoms with Crippen LogP contribution in [0.1, 0.15) is 11.1 Å². The largest absolute Gasteiger partial charge is 0.419 e. The van der Waals surface area contributed by atoms with E-state index < -0.39 is 15.8 Å². The molecule has 0 unspecified atom stereocenters. The third kappa shape index (κ3) is 3.62. The molecule has 0 fully saturated rings. The van der Waals surface area contributed by atoms with Gasteiger partial charge in [0.15, 0.2) is 5.58 Å². The van der Waals surface area contributed by atoms with E-state index in [0.29, 0.717) is 17.6 Å². The van der Waals surface area contributed by atoms with Gasteiger partial charge in [0.2, 0.25) is 10.0 Å². The van der Waals surface area contributed by atoms with E-state index in [1.165, 1.54) is 29.8 Å². The van der Waals surface area contributed by atoms with Gasteiger partial charge in [-0.1, -0.05) is 24.3 Å². The van der Waals surface area contributed by atoms with Gasteiger partial charge in [-0.05, 0) is 29.3 Å². The van der Waals surface area contributed by atoms with Crippen molar-refractivity contribution in [3.8, 4) is 0 Å². The molecule has 0 bridgehead atoms. The minimum Gasteiger partial charge on any atom is -0.408 e. The monoisotopic (exact) mass is 398 g/mol. The number of benzene rings is 2. The lowest BCUT2D eigenvalue weighted by molar-refractivity contribution is 0.528. The number of sulfonamides is 1. The van der Waals surface area contributed by atoms with E-state index in [1.807, 2.05) is 35.0 Å². The standard InChI is InChI=1S/C19H18N4O4S/c1-22-17-10-16(6-7-18(17)27-19(22)24)28(25,26)21-11-14-2-4-15(5-3-14)12-23-9-8-20-13-23/h2-10,13,21H,11-12H2,1H3. The molecule has 4 rings (SSSR count). The fourth-order valence-corrected chi connectivity index (χ4v) is 3.93. The topological polar surface area (TPSA) is 99.1 Å². The van der Waals surface area contributed by atoms with Crippen LogP contribution in [0.2, 0.25) is 0 Å². The Kier molecular flexibility index (Phi) is 4.62. The first-order valence-corrected chi connectivity index (χ1v) is 10.0. The highest BCUT2D eigenvalue weighted by Gasteiger charge is 2.16. The molecule has 0 aliphatic carbocycles. The van der Waals surface area contributed by atoms with Crippen LogP contribution >= 0.6 is 0 Å². The summed E-state index contributed by atoms with van der Waals surface area (Å²) >= 11 is 0. The normalized spacial score (nSPS) is 11.9. The Hall–Kier alpha value is -3.17. The first kappa shape index (κ1) is 18.2. The zero-order valence-electron chi connectivity index (χ0n) is 15.1. The van der Waals surface area contributed by atoms with E-state index in [-0.39, 0.29) is 11.4 Å². The fourth-order valence-electron chi connectivity index (χ4n) is 2.89. The van der Waals surface area contributed by atoms with Crippen molar-refractivity contribution in [3.05, 3.63) is 82.9 Å². The molecule has 2 aromatic carbocycles. The lowest BCUT2D eigenvalue weighted by atomic mass is 10.1. The summed E-state index contributed by atoms with van der Waals surface area (Å²) in [5, 5.41) is 0. The average molecular weight is 398 g/mol. The Bertz CT molecular complexity index is 1270. The number of hydrogen-bond acceptors (Lipinski definition) is 5. The van der Waals surface area contributed by atoms with Crippen molar-refractivity contribution in [1.29, 1.82) is 0 Å². The quantitative estimate of drug-likeness (QED) is 0.534. The molecule has 2 heterocycles. The molecule has 28 heavy (non-hydrogen) atoms. The molecule has 2 aromatic heterocycles. The van der Waals surface area contributed by atoms with Crippen LogP contribution in [0.25, 0.3) is 11.1 Å². The molecule has 9 heteroatoms. The van der Waals surface area contributed by atoms with Crippen molar-refractivity contribution in [1.82, 2.24) is 18.8 Å². The smallest absolute Gasteiger partial charge is 0.408 e. The molecule has 0 atom stereocenters. The average Bonchev–Trinajstić information content (AvgIpc) is 3.29. The van der Waals surface area contributed by atoms with E-state index in [9.17, 15) is 13.2 Å². The van der Waals surface area contributed by atoms with Crippen LogP contribution < -0.4 is 10.5 Å². The first-order chi connectivity index (χ1) is 13.4. The van der Waals surface area contributed by atoms with Crippen LogP contribution in [0, 0.1) is 0 Å². The number of nitrogens with zero attached hydrogens (tertiary/aromatic N) is 3. The zero-order chi connectivity index (χ0) is 19.7. The third-order valence-corrected chi connectivity index (χ3v) is 5.89. The van der Waals surface area contributed by atoms with Crippen molar-refractivity contribution in [2.24, 2.45) is 7.05 Å². The molecule has 0 radical (unpaired) electrons.